The van der Waals surface area contributed by atoms with Crippen molar-refractivity contribution in [3.05, 3.63) is 34.1 Å². The van der Waals surface area contributed by atoms with E-state index in [1.165, 1.54) is 12.1 Å². The predicted molar refractivity (Wildman–Crippen MR) is 68.3 cm³/mol. The first-order valence-corrected chi connectivity index (χ1v) is 6.68. The molecule has 0 radical (unpaired) electrons. The van der Waals surface area contributed by atoms with Crippen LogP contribution in [0.3, 0.4) is 0 Å². The monoisotopic (exact) mass is 305 g/mol. The van der Waals surface area contributed by atoms with Crippen molar-refractivity contribution in [2.24, 2.45) is 0 Å². The Labute approximate surface area is 109 Å². The third-order valence-corrected chi connectivity index (χ3v) is 4.10. The van der Waals surface area contributed by atoms with Gasteiger partial charge in [-0.3, -0.25) is 4.90 Å². The molecule has 0 unspecified atom stereocenters. The molecule has 2 rings (SSSR count). The second-order valence-corrected chi connectivity index (χ2v) is 5.66. The lowest BCUT2D eigenvalue weighted by atomic mass is 10.1. The summed E-state index contributed by atoms with van der Waals surface area (Å²) in [5, 5.41) is 0.327. The van der Waals surface area contributed by atoms with Gasteiger partial charge in [-0.05, 0) is 43.6 Å². The molecule has 1 heterocycles. The lowest BCUT2D eigenvalue weighted by Gasteiger charge is -2.29. The summed E-state index contributed by atoms with van der Waals surface area (Å²) >= 11 is 9.44. The van der Waals surface area contributed by atoms with Gasteiger partial charge >= 0.3 is 0 Å². The van der Waals surface area contributed by atoms with E-state index in [1.54, 1.807) is 0 Å². The molecule has 0 spiro atoms. The maximum absolute atomic E-state index is 12.9. The Morgan fingerprint density at radius 3 is 2.69 bits per heavy atom. The van der Waals surface area contributed by atoms with E-state index in [-0.39, 0.29) is 5.82 Å². The molecule has 0 bridgehead atoms. The zero-order valence-electron chi connectivity index (χ0n) is 8.93. The van der Waals surface area contributed by atoms with Crippen LogP contribution in [0.1, 0.15) is 18.4 Å². The zero-order valence-corrected chi connectivity index (χ0v) is 11.3. The van der Waals surface area contributed by atoms with Gasteiger partial charge in [0.15, 0.2) is 0 Å². The molecule has 1 aliphatic heterocycles. The molecule has 0 amide bonds. The summed E-state index contributed by atoms with van der Waals surface area (Å²) in [6.07, 6.45) is 2.08. The second kappa shape index (κ2) is 5.48. The second-order valence-electron chi connectivity index (χ2n) is 4.19. The number of piperidine rings is 1. The molecule has 4 heteroatoms. The first-order chi connectivity index (χ1) is 7.65. The summed E-state index contributed by atoms with van der Waals surface area (Å²) in [7, 11) is 0. The number of halogens is 3. The van der Waals surface area contributed by atoms with Gasteiger partial charge in [-0.25, -0.2) is 4.39 Å². The minimum Gasteiger partial charge on any atom is -0.299 e. The first-order valence-electron chi connectivity index (χ1n) is 5.45. The van der Waals surface area contributed by atoms with Gasteiger partial charge in [0, 0.05) is 16.4 Å². The Morgan fingerprint density at radius 2 is 2.06 bits per heavy atom. The van der Waals surface area contributed by atoms with Crippen LogP contribution in [0.15, 0.2) is 22.7 Å². The van der Waals surface area contributed by atoms with E-state index in [4.69, 9.17) is 11.6 Å². The molecule has 1 aromatic carbocycles. The van der Waals surface area contributed by atoms with Crippen LogP contribution in [-0.4, -0.2) is 23.4 Å². The molecular formula is C12H14BrClFN. The number of alkyl halides is 1. The highest BCUT2D eigenvalue weighted by atomic mass is 79.9. The van der Waals surface area contributed by atoms with Gasteiger partial charge in [-0.1, -0.05) is 22.0 Å². The van der Waals surface area contributed by atoms with E-state index in [0.717, 1.165) is 42.5 Å². The summed E-state index contributed by atoms with van der Waals surface area (Å²) in [6.45, 7) is 2.92. The van der Waals surface area contributed by atoms with Crippen molar-refractivity contribution in [1.29, 1.82) is 0 Å². The Morgan fingerprint density at radius 1 is 1.38 bits per heavy atom. The van der Waals surface area contributed by atoms with Crippen LogP contribution in [0.4, 0.5) is 4.39 Å². The van der Waals surface area contributed by atoms with Gasteiger partial charge in [-0.2, -0.15) is 0 Å². The van der Waals surface area contributed by atoms with Crippen LogP contribution in [0, 0.1) is 5.82 Å². The van der Waals surface area contributed by atoms with E-state index < -0.39 is 0 Å². The van der Waals surface area contributed by atoms with Crippen LogP contribution < -0.4 is 0 Å². The van der Waals surface area contributed by atoms with E-state index in [1.807, 2.05) is 6.07 Å². The molecule has 1 aliphatic rings. The van der Waals surface area contributed by atoms with Crippen molar-refractivity contribution in [1.82, 2.24) is 4.90 Å². The van der Waals surface area contributed by atoms with Crippen molar-refractivity contribution in [3.8, 4) is 0 Å². The molecule has 0 atom stereocenters. The SMILES string of the molecule is Fc1ccc(CN2CCC(Cl)CC2)c(Br)c1. The highest BCUT2D eigenvalue weighted by Gasteiger charge is 2.17. The number of hydrogen-bond acceptors (Lipinski definition) is 1. The summed E-state index contributed by atoms with van der Waals surface area (Å²) in [5.74, 6) is -0.199. The van der Waals surface area contributed by atoms with Crippen LogP contribution in [-0.2, 0) is 6.54 Å². The Kier molecular flexibility index (Phi) is 4.22. The molecule has 16 heavy (non-hydrogen) atoms. The van der Waals surface area contributed by atoms with Gasteiger partial charge in [0.25, 0.3) is 0 Å². The van der Waals surface area contributed by atoms with Crippen molar-refractivity contribution in [2.75, 3.05) is 13.1 Å². The number of benzene rings is 1. The molecule has 88 valence electrons. The van der Waals surface area contributed by atoms with Crippen LogP contribution >= 0.6 is 27.5 Å². The Hall–Kier alpha value is -0.120. The van der Waals surface area contributed by atoms with E-state index in [2.05, 4.69) is 20.8 Å². The molecular weight excluding hydrogens is 292 g/mol. The van der Waals surface area contributed by atoms with Crippen molar-refractivity contribution in [2.45, 2.75) is 24.8 Å². The molecule has 1 aromatic rings. The van der Waals surface area contributed by atoms with Crippen LogP contribution in [0.25, 0.3) is 0 Å². The highest BCUT2D eigenvalue weighted by molar-refractivity contribution is 9.10. The fraction of sp³-hybridized carbons (Fsp3) is 0.500. The van der Waals surface area contributed by atoms with E-state index in [0.29, 0.717) is 5.38 Å². The van der Waals surface area contributed by atoms with Gasteiger partial charge in [0.1, 0.15) is 5.82 Å². The minimum atomic E-state index is -0.199. The topological polar surface area (TPSA) is 3.24 Å². The average molecular weight is 307 g/mol. The molecule has 1 nitrogen and oxygen atoms in total. The van der Waals surface area contributed by atoms with Gasteiger partial charge < -0.3 is 0 Å². The first kappa shape index (κ1) is 12.3. The molecule has 0 aromatic heterocycles. The summed E-state index contributed by atoms with van der Waals surface area (Å²) < 4.78 is 13.8. The van der Waals surface area contributed by atoms with Crippen LogP contribution in [0.5, 0.6) is 0 Å². The summed E-state index contributed by atoms with van der Waals surface area (Å²) in [5.41, 5.74) is 1.13. The smallest absolute Gasteiger partial charge is 0.124 e. The van der Waals surface area contributed by atoms with Gasteiger partial charge in [0.05, 0.1) is 0 Å². The highest BCUT2D eigenvalue weighted by Crippen LogP contribution is 2.22. The molecule has 0 N–H and O–H groups in total. The van der Waals surface area contributed by atoms with Crippen molar-refractivity contribution < 1.29 is 4.39 Å². The van der Waals surface area contributed by atoms with Crippen LogP contribution in [0.2, 0.25) is 0 Å². The normalized spacial score (nSPS) is 18.9. The number of rotatable bonds is 2. The quantitative estimate of drug-likeness (QED) is 0.751. The van der Waals surface area contributed by atoms with Gasteiger partial charge in [0.2, 0.25) is 0 Å². The summed E-state index contributed by atoms with van der Waals surface area (Å²) in [6, 6.07) is 4.87. The molecule has 0 saturated carbocycles. The third kappa shape index (κ3) is 3.19. The number of nitrogens with zero attached hydrogens (tertiary/aromatic N) is 1. The Balaban J connectivity index is 1.98. The Bertz CT molecular complexity index is 364. The maximum atomic E-state index is 12.9. The average Bonchev–Trinajstić information content (AvgIpc) is 2.25. The predicted octanol–water partition coefficient (Wildman–Crippen LogP) is 3.79. The number of hydrogen-bond donors (Lipinski definition) is 0. The maximum Gasteiger partial charge on any atom is 0.124 e. The fourth-order valence-corrected chi connectivity index (χ4v) is 2.62. The molecule has 1 saturated heterocycles. The van der Waals surface area contributed by atoms with Crippen molar-refractivity contribution >= 4 is 27.5 Å². The number of likely N-dealkylation sites (tertiary alicyclic amines) is 1. The zero-order chi connectivity index (χ0) is 11.5. The third-order valence-electron chi connectivity index (χ3n) is 2.93. The van der Waals surface area contributed by atoms with E-state index in [9.17, 15) is 4.39 Å². The largest absolute Gasteiger partial charge is 0.299 e. The standard InChI is InChI=1S/C12H14BrClFN/c13-12-7-11(15)2-1-9(12)8-16-5-3-10(14)4-6-16/h1-2,7,10H,3-6,8H2. The summed E-state index contributed by atoms with van der Waals surface area (Å²) in [4.78, 5) is 2.36. The lowest BCUT2D eigenvalue weighted by molar-refractivity contribution is 0.223. The lowest BCUT2D eigenvalue weighted by Crippen LogP contribution is -2.33. The van der Waals surface area contributed by atoms with Crippen molar-refractivity contribution in [3.63, 3.8) is 0 Å². The van der Waals surface area contributed by atoms with E-state index >= 15 is 0 Å². The minimum absolute atomic E-state index is 0.199. The fourth-order valence-electron chi connectivity index (χ4n) is 1.95. The molecule has 1 fully saturated rings. The molecule has 0 aliphatic carbocycles. The van der Waals surface area contributed by atoms with Gasteiger partial charge in [-0.15, -0.1) is 11.6 Å².